The fourth-order valence-electron chi connectivity index (χ4n) is 5.97. The molecule has 8 heteroatoms. The molecule has 2 heterocycles. The van der Waals surface area contributed by atoms with Gasteiger partial charge in [0.15, 0.2) is 0 Å². The Morgan fingerprint density at radius 1 is 1.19 bits per heavy atom. The van der Waals surface area contributed by atoms with E-state index in [1.807, 2.05) is 6.92 Å². The van der Waals surface area contributed by atoms with Gasteiger partial charge in [-0.25, -0.2) is 8.42 Å². The van der Waals surface area contributed by atoms with Crippen molar-refractivity contribution >= 4 is 21.6 Å². The van der Waals surface area contributed by atoms with E-state index in [4.69, 9.17) is 4.74 Å². The Bertz CT molecular complexity index is 956. The molecule has 3 aliphatic rings. The topological polar surface area (TPSA) is 79.0 Å². The Morgan fingerprint density at radius 2 is 1.90 bits per heavy atom. The lowest BCUT2D eigenvalue weighted by Crippen LogP contribution is -2.40. The molecule has 2 saturated heterocycles. The minimum atomic E-state index is -3.60. The van der Waals surface area contributed by atoms with Crippen molar-refractivity contribution < 1.29 is 17.9 Å². The number of rotatable bonds is 5. The second-order valence-electron chi connectivity index (χ2n) is 10.7. The van der Waals surface area contributed by atoms with E-state index in [2.05, 4.69) is 31.0 Å². The Kier molecular flexibility index (Phi) is 5.96. The van der Waals surface area contributed by atoms with Gasteiger partial charge in [0.1, 0.15) is 0 Å². The van der Waals surface area contributed by atoms with Gasteiger partial charge in [0, 0.05) is 31.4 Å². The van der Waals surface area contributed by atoms with Crippen LogP contribution >= 0.6 is 0 Å². The van der Waals surface area contributed by atoms with Gasteiger partial charge in [-0.2, -0.15) is 4.31 Å². The molecule has 0 spiro atoms. The van der Waals surface area contributed by atoms with Crippen molar-refractivity contribution in [1.29, 1.82) is 0 Å². The molecule has 0 unspecified atom stereocenters. The molecule has 0 aromatic heterocycles. The number of hydrogen-bond donors (Lipinski definition) is 1. The second-order valence-corrected chi connectivity index (χ2v) is 12.6. The lowest BCUT2D eigenvalue weighted by molar-refractivity contribution is -0.117. The summed E-state index contributed by atoms with van der Waals surface area (Å²) in [5, 5.41) is 2.98. The monoisotopic (exact) mass is 449 g/mol. The fourth-order valence-corrected chi connectivity index (χ4v) is 7.40. The molecule has 31 heavy (non-hydrogen) atoms. The molecule has 0 radical (unpaired) electrons. The number of aryl methyl sites for hydroxylation is 1. The smallest absolute Gasteiger partial charge is 0.243 e. The number of amides is 1. The molecule has 172 valence electrons. The van der Waals surface area contributed by atoms with Crippen LogP contribution in [0.15, 0.2) is 23.1 Å². The van der Waals surface area contributed by atoms with Crippen molar-refractivity contribution in [1.82, 2.24) is 9.21 Å². The van der Waals surface area contributed by atoms with Crippen molar-refractivity contribution in [2.24, 2.45) is 10.8 Å². The van der Waals surface area contributed by atoms with Crippen LogP contribution in [0, 0.1) is 17.8 Å². The number of carbonyl (C=O) groups is 1. The molecule has 1 amide bonds. The third-order valence-electron chi connectivity index (χ3n) is 6.96. The molecule has 1 aliphatic carbocycles. The predicted octanol–water partition coefficient (Wildman–Crippen LogP) is 2.86. The Balaban J connectivity index is 1.46. The van der Waals surface area contributed by atoms with Gasteiger partial charge in [0.05, 0.1) is 24.7 Å². The summed E-state index contributed by atoms with van der Waals surface area (Å²) in [6.07, 6.45) is 3.45. The van der Waals surface area contributed by atoms with Crippen LogP contribution < -0.4 is 5.32 Å². The first-order chi connectivity index (χ1) is 14.5. The molecule has 1 aromatic rings. The summed E-state index contributed by atoms with van der Waals surface area (Å²) in [4.78, 5) is 15.4. The van der Waals surface area contributed by atoms with Crippen LogP contribution in [0.25, 0.3) is 0 Å². The largest absolute Gasteiger partial charge is 0.379 e. The summed E-state index contributed by atoms with van der Waals surface area (Å²) in [7, 11) is -3.60. The molecule has 7 nitrogen and oxygen atoms in total. The molecule has 1 aromatic carbocycles. The van der Waals surface area contributed by atoms with Crippen LogP contribution in [0.2, 0.25) is 0 Å². The number of nitrogens with zero attached hydrogens (tertiary/aromatic N) is 2. The van der Waals surface area contributed by atoms with Crippen molar-refractivity contribution in [2.45, 2.75) is 57.9 Å². The van der Waals surface area contributed by atoms with Crippen molar-refractivity contribution in [2.75, 3.05) is 44.7 Å². The maximum Gasteiger partial charge on any atom is 0.243 e. The first kappa shape index (κ1) is 22.7. The third kappa shape index (κ3) is 4.82. The standard InChI is InChI=1S/C23H35N3O4S/c1-17-5-6-19(31(28,29)26-7-9-30-10-8-26)11-20(17)24-21(27)14-25-16-23(4)13-18(25)12-22(2,3)15-23/h5-6,11,18H,7-10,12-16H2,1-4H3,(H,24,27)/t18-,23+/m1/s1. The SMILES string of the molecule is Cc1ccc(S(=O)(=O)N2CCOCC2)cc1NC(=O)CN1C[C@@]2(C)C[C@H]1CC(C)(C)C2. The highest BCUT2D eigenvalue weighted by atomic mass is 32.2. The first-order valence-corrected chi connectivity index (χ1v) is 12.6. The normalized spacial score (nSPS) is 29.1. The number of fused-ring (bicyclic) bond motifs is 2. The highest BCUT2D eigenvalue weighted by Gasteiger charge is 2.49. The number of nitrogens with one attached hydrogen (secondary N) is 1. The van der Waals surface area contributed by atoms with E-state index in [-0.39, 0.29) is 16.2 Å². The van der Waals surface area contributed by atoms with Gasteiger partial charge in [0.25, 0.3) is 0 Å². The molecule has 2 atom stereocenters. The highest BCUT2D eigenvalue weighted by Crippen LogP contribution is 2.52. The Hall–Kier alpha value is -1.48. The average molecular weight is 450 g/mol. The quantitative estimate of drug-likeness (QED) is 0.748. The van der Waals surface area contributed by atoms with Gasteiger partial charge < -0.3 is 10.1 Å². The summed E-state index contributed by atoms with van der Waals surface area (Å²) in [6.45, 7) is 11.7. The van der Waals surface area contributed by atoms with E-state index in [0.717, 1.165) is 24.9 Å². The van der Waals surface area contributed by atoms with Crippen LogP contribution in [0.5, 0.6) is 0 Å². The molecular weight excluding hydrogens is 414 g/mol. The van der Waals surface area contributed by atoms with Gasteiger partial charge in [-0.3, -0.25) is 9.69 Å². The second kappa shape index (κ2) is 8.14. The predicted molar refractivity (Wildman–Crippen MR) is 120 cm³/mol. The van der Waals surface area contributed by atoms with Gasteiger partial charge in [0.2, 0.25) is 15.9 Å². The molecule has 1 saturated carbocycles. The summed E-state index contributed by atoms with van der Waals surface area (Å²) in [5.74, 6) is -0.0852. The Morgan fingerprint density at radius 3 is 2.61 bits per heavy atom. The lowest BCUT2D eigenvalue weighted by Gasteiger charge is -2.39. The van der Waals surface area contributed by atoms with Crippen molar-refractivity contribution in [3.8, 4) is 0 Å². The van der Waals surface area contributed by atoms with Gasteiger partial charge in [-0.05, 0) is 54.7 Å². The van der Waals surface area contributed by atoms with E-state index >= 15 is 0 Å². The minimum absolute atomic E-state index is 0.0852. The molecule has 2 aliphatic heterocycles. The number of sulfonamides is 1. The van der Waals surface area contributed by atoms with Crippen molar-refractivity contribution in [3.05, 3.63) is 23.8 Å². The summed E-state index contributed by atoms with van der Waals surface area (Å²) in [5.41, 5.74) is 1.99. The van der Waals surface area contributed by atoms with E-state index in [1.54, 1.807) is 18.2 Å². The van der Waals surface area contributed by atoms with Gasteiger partial charge >= 0.3 is 0 Å². The zero-order valence-electron chi connectivity index (χ0n) is 19.1. The summed E-state index contributed by atoms with van der Waals surface area (Å²) in [6, 6.07) is 5.40. The number of anilines is 1. The van der Waals surface area contributed by atoms with Crippen LogP contribution in [0.4, 0.5) is 5.69 Å². The number of carbonyl (C=O) groups excluding carboxylic acids is 1. The number of ether oxygens (including phenoxy) is 1. The van der Waals surface area contributed by atoms with E-state index in [1.165, 1.54) is 10.7 Å². The average Bonchev–Trinajstić information content (AvgIpc) is 2.91. The van der Waals surface area contributed by atoms with Gasteiger partial charge in [-0.1, -0.05) is 26.8 Å². The Labute approximate surface area is 186 Å². The zero-order chi connectivity index (χ0) is 22.4. The van der Waals surface area contributed by atoms with Crippen molar-refractivity contribution in [3.63, 3.8) is 0 Å². The maximum atomic E-state index is 13.0. The molecule has 2 bridgehead atoms. The number of hydrogen-bond acceptors (Lipinski definition) is 5. The highest BCUT2D eigenvalue weighted by molar-refractivity contribution is 7.89. The van der Waals surface area contributed by atoms with Gasteiger partial charge in [-0.15, -0.1) is 0 Å². The molecular formula is C23H35N3O4S. The van der Waals surface area contributed by atoms with Crippen LogP contribution in [-0.2, 0) is 19.6 Å². The number of morpholine rings is 1. The third-order valence-corrected chi connectivity index (χ3v) is 8.86. The zero-order valence-corrected chi connectivity index (χ0v) is 19.9. The van der Waals surface area contributed by atoms with Crippen LogP contribution in [0.3, 0.4) is 0 Å². The number of benzene rings is 1. The lowest BCUT2D eigenvalue weighted by atomic mass is 9.65. The summed E-state index contributed by atoms with van der Waals surface area (Å²) < 4.78 is 32.7. The van der Waals surface area contributed by atoms with E-state index < -0.39 is 10.0 Å². The molecule has 4 rings (SSSR count). The summed E-state index contributed by atoms with van der Waals surface area (Å²) >= 11 is 0. The van der Waals surface area contributed by atoms with E-state index in [9.17, 15) is 13.2 Å². The van der Waals surface area contributed by atoms with Crippen LogP contribution in [-0.4, -0.2) is 69.0 Å². The maximum absolute atomic E-state index is 13.0. The first-order valence-electron chi connectivity index (χ1n) is 11.2. The number of likely N-dealkylation sites (tertiary alicyclic amines) is 1. The molecule has 1 N–H and O–H groups in total. The molecule has 3 fully saturated rings. The van der Waals surface area contributed by atoms with Crippen LogP contribution in [0.1, 0.15) is 45.6 Å². The minimum Gasteiger partial charge on any atom is -0.379 e. The van der Waals surface area contributed by atoms with E-state index in [0.29, 0.717) is 50.0 Å². The fraction of sp³-hybridized carbons (Fsp3) is 0.696.